The monoisotopic (exact) mass is 1000 g/mol. The van der Waals surface area contributed by atoms with Gasteiger partial charge in [0, 0.05) is 19.4 Å². The summed E-state index contributed by atoms with van der Waals surface area (Å²) in [5, 5.41) is 38.6. The molecule has 0 aromatic carbocycles. The highest BCUT2D eigenvalue weighted by molar-refractivity contribution is 7.98. The molecule has 0 aromatic rings. The second-order valence-corrected chi connectivity index (χ2v) is 18.0. The van der Waals surface area contributed by atoms with E-state index in [0.29, 0.717) is 18.6 Å². The average molecular weight is 1000 g/mol. The van der Waals surface area contributed by atoms with E-state index in [0.717, 1.165) is 0 Å². The molecular formula is C42H75N13O13S. The first-order chi connectivity index (χ1) is 32.1. The summed E-state index contributed by atoms with van der Waals surface area (Å²) < 4.78 is 0. The lowest BCUT2D eigenvalue weighted by atomic mass is 9.97. The summed E-state index contributed by atoms with van der Waals surface area (Å²) in [6.07, 6.45) is 0.822. The third kappa shape index (κ3) is 25.6. The number of carboxylic acids is 2. The molecule has 0 aliphatic carbocycles. The molecule has 0 aliphatic heterocycles. The van der Waals surface area contributed by atoms with Crippen LogP contribution in [0.3, 0.4) is 0 Å². The van der Waals surface area contributed by atoms with Crippen molar-refractivity contribution >= 4 is 82.8 Å². The molecule has 0 fully saturated rings. The van der Waals surface area contributed by atoms with Gasteiger partial charge in [0.1, 0.15) is 48.3 Å². The molecule has 9 amide bonds. The van der Waals surface area contributed by atoms with Crippen molar-refractivity contribution in [3.63, 3.8) is 0 Å². The van der Waals surface area contributed by atoms with Crippen molar-refractivity contribution < 1.29 is 63.0 Å². The SMILES string of the molecule is CC[C@H](C)[C@H](NC(=O)[C@H](C)NC(=O)[C@@H](N)CCCN=C(N)N)C(=O)N[C@@H](CCC(=O)O)C(=O)N[C@@H](CCC(N)=O)C(=O)N[C@@H](CC(C)C)C(=O)N[C@@H](C)C(=O)N[C@@H](C)C(=O)N[C@@H](CCSC)C(=O)O. The Morgan fingerprint density at radius 3 is 1.48 bits per heavy atom. The number of amides is 9. The summed E-state index contributed by atoms with van der Waals surface area (Å²) in [6.45, 7) is 11.0. The Balaban J connectivity index is 6.25. The number of aliphatic carboxylic acids is 2. The van der Waals surface area contributed by atoms with Crippen molar-refractivity contribution in [2.45, 2.75) is 161 Å². The minimum absolute atomic E-state index is 0.00361. The highest BCUT2D eigenvalue weighted by Gasteiger charge is 2.35. The van der Waals surface area contributed by atoms with Crippen LogP contribution in [0.1, 0.15) is 106 Å². The van der Waals surface area contributed by atoms with Gasteiger partial charge in [0.05, 0.1) is 6.04 Å². The van der Waals surface area contributed by atoms with Crippen LogP contribution in [0.25, 0.3) is 0 Å². The van der Waals surface area contributed by atoms with Gasteiger partial charge < -0.3 is 75.7 Å². The van der Waals surface area contributed by atoms with Gasteiger partial charge in [-0.05, 0) is 83.1 Å². The van der Waals surface area contributed by atoms with Crippen LogP contribution < -0.4 is 65.5 Å². The number of rotatable bonds is 34. The Hall–Kier alpha value is -6.25. The van der Waals surface area contributed by atoms with Crippen molar-refractivity contribution in [1.29, 1.82) is 0 Å². The summed E-state index contributed by atoms with van der Waals surface area (Å²) >= 11 is 1.39. The second kappa shape index (κ2) is 32.5. The van der Waals surface area contributed by atoms with E-state index in [1.165, 1.54) is 32.5 Å². The van der Waals surface area contributed by atoms with Crippen molar-refractivity contribution in [1.82, 2.24) is 42.5 Å². The highest BCUT2D eigenvalue weighted by Crippen LogP contribution is 2.12. The van der Waals surface area contributed by atoms with Gasteiger partial charge in [0.25, 0.3) is 0 Å². The van der Waals surface area contributed by atoms with Crippen LogP contribution in [-0.4, -0.2) is 154 Å². The van der Waals surface area contributed by atoms with Crippen molar-refractivity contribution in [3.05, 3.63) is 0 Å². The largest absolute Gasteiger partial charge is 0.481 e. The third-order valence-corrected chi connectivity index (χ3v) is 11.2. The molecule has 0 heterocycles. The molecule has 0 bridgehead atoms. The van der Waals surface area contributed by atoms with Crippen molar-refractivity contribution in [2.24, 2.45) is 39.8 Å². The number of nitrogens with one attached hydrogen (secondary N) is 8. The minimum atomic E-state index is -1.63. The molecule has 0 saturated carbocycles. The lowest BCUT2D eigenvalue weighted by Crippen LogP contribution is -2.60. The number of hydrogen-bond acceptors (Lipinski definition) is 14. The van der Waals surface area contributed by atoms with E-state index < -0.39 is 151 Å². The number of carbonyl (C=O) groups is 11. The Kier molecular flexibility index (Phi) is 29.5. The molecule has 0 saturated heterocycles. The maximum atomic E-state index is 13.9. The Morgan fingerprint density at radius 2 is 1.00 bits per heavy atom. The Labute approximate surface area is 406 Å². The Bertz CT molecular complexity index is 1820. The summed E-state index contributed by atoms with van der Waals surface area (Å²) in [5.74, 6) is -10.8. The lowest BCUT2D eigenvalue weighted by molar-refractivity contribution is -0.142. The molecule has 0 spiro atoms. The zero-order valence-corrected chi connectivity index (χ0v) is 41.5. The average Bonchev–Trinajstić information content (AvgIpc) is 3.26. The molecule has 392 valence electrons. The van der Waals surface area contributed by atoms with Gasteiger partial charge in [-0.1, -0.05) is 34.1 Å². The predicted octanol–water partition coefficient (Wildman–Crippen LogP) is -3.63. The number of thioether (sulfide) groups is 1. The van der Waals surface area contributed by atoms with Gasteiger partial charge in [0.15, 0.2) is 5.96 Å². The fourth-order valence-electron chi connectivity index (χ4n) is 6.19. The maximum Gasteiger partial charge on any atom is 0.326 e. The zero-order valence-electron chi connectivity index (χ0n) is 40.7. The molecule has 0 aliphatic rings. The number of aliphatic imine (C=N–C) groups is 1. The third-order valence-electron chi connectivity index (χ3n) is 10.5. The summed E-state index contributed by atoms with van der Waals surface area (Å²) in [7, 11) is 0. The quantitative estimate of drug-likeness (QED) is 0.0168. The van der Waals surface area contributed by atoms with Gasteiger partial charge in [-0.15, -0.1) is 0 Å². The van der Waals surface area contributed by atoms with Gasteiger partial charge in [-0.2, -0.15) is 11.8 Å². The van der Waals surface area contributed by atoms with Gasteiger partial charge in [-0.3, -0.25) is 52.9 Å². The number of carboxylic acid groups (broad SMARTS) is 2. The molecule has 69 heavy (non-hydrogen) atoms. The number of primary amides is 1. The van der Waals surface area contributed by atoms with Crippen LogP contribution >= 0.6 is 11.8 Å². The van der Waals surface area contributed by atoms with E-state index >= 15 is 0 Å². The number of hydrogen-bond donors (Lipinski definition) is 14. The predicted molar refractivity (Wildman–Crippen MR) is 255 cm³/mol. The number of nitrogens with two attached hydrogens (primary N) is 4. The van der Waals surface area contributed by atoms with E-state index in [1.54, 1.807) is 34.0 Å². The normalized spacial score (nSPS) is 15.3. The fourth-order valence-corrected chi connectivity index (χ4v) is 6.66. The van der Waals surface area contributed by atoms with E-state index in [-0.39, 0.29) is 37.7 Å². The van der Waals surface area contributed by atoms with Crippen LogP contribution in [0.2, 0.25) is 0 Å². The highest BCUT2D eigenvalue weighted by atomic mass is 32.2. The smallest absolute Gasteiger partial charge is 0.326 e. The van der Waals surface area contributed by atoms with Crippen LogP contribution in [0, 0.1) is 11.8 Å². The number of guanidine groups is 1. The van der Waals surface area contributed by atoms with Crippen LogP contribution in [-0.2, 0) is 52.7 Å². The first-order valence-electron chi connectivity index (χ1n) is 22.6. The van der Waals surface area contributed by atoms with E-state index in [1.807, 2.05) is 0 Å². The van der Waals surface area contributed by atoms with E-state index in [9.17, 15) is 63.0 Å². The summed E-state index contributed by atoms with van der Waals surface area (Å²) in [6, 6.07) is -11.7. The molecule has 0 aromatic heterocycles. The lowest BCUT2D eigenvalue weighted by Gasteiger charge is -2.29. The fraction of sp³-hybridized carbons (Fsp3) is 0.714. The van der Waals surface area contributed by atoms with E-state index in [4.69, 9.17) is 22.9 Å². The second-order valence-electron chi connectivity index (χ2n) is 17.0. The van der Waals surface area contributed by atoms with Crippen LogP contribution in [0.5, 0.6) is 0 Å². The minimum Gasteiger partial charge on any atom is -0.481 e. The molecule has 0 unspecified atom stereocenters. The Morgan fingerprint density at radius 1 is 0.551 bits per heavy atom. The first-order valence-corrected chi connectivity index (χ1v) is 24.0. The molecule has 26 nitrogen and oxygen atoms in total. The van der Waals surface area contributed by atoms with Crippen LogP contribution in [0.15, 0.2) is 4.99 Å². The molecule has 0 rings (SSSR count). The van der Waals surface area contributed by atoms with Crippen molar-refractivity contribution in [2.75, 3.05) is 18.6 Å². The number of carbonyl (C=O) groups excluding carboxylic acids is 9. The van der Waals surface area contributed by atoms with Crippen molar-refractivity contribution in [3.8, 4) is 0 Å². The van der Waals surface area contributed by atoms with Gasteiger partial charge in [-0.25, -0.2) is 4.79 Å². The molecule has 0 radical (unpaired) electrons. The maximum absolute atomic E-state index is 13.9. The van der Waals surface area contributed by atoms with E-state index in [2.05, 4.69) is 47.5 Å². The molecule has 18 N–H and O–H groups in total. The molecular weight excluding hydrogens is 927 g/mol. The summed E-state index contributed by atoms with van der Waals surface area (Å²) in [4.78, 5) is 146. The first kappa shape index (κ1) is 62.8. The topological polar surface area (TPSA) is 441 Å². The van der Waals surface area contributed by atoms with Gasteiger partial charge in [0.2, 0.25) is 53.2 Å². The van der Waals surface area contributed by atoms with Gasteiger partial charge >= 0.3 is 11.9 Å². The molecule has 27 heteroatoms. The van der Waals surface area contributed by atoms with Crippen LogP contribution in [0.4, 0.5) is 0 Å². The summed E-state index contributed by atoms with van der Waals surface area (Å²) in [5.41, 5.74) is 21.9. The number of nitrogens with zero attached hydrogens (tertiary/aromatic N) is 1. The molecule has 10 atom stereocenters. The zero-order chi connectivity index (χ0) is 53.1. The standard InChI is InChI=1S/C42H75N13O13S/c1-9-21(4)32(55-35(61)24(7)49-36(62)25(43)11-10-17-47-42(45)46)40(66)52-27(13-15-31(57)58)37(63)51-26(12-14-30(44)56)38(64)54-29(19-20(2)3)39(65)50-22(5)33(59)48-23(6)34(60)53-28(41(67)68)16-18-69-8/h20-29,32H,9-19,43H2,1-8H3,(H2,44,56)(H,48,59)(H,49,62)(H,50,65)(H,51,63)(H,52,66)(H,53,60)(H,54,64)(H,55,61)(H,57,58)(H,67,68)(H4,45,46,47)/t21-,22-,23-,24-,25-,26-,27-,28-,29-,32-/m0/s1.